The number of aromatic amines is 1. The molecule has 7 rings (SSSR count). The lowest BCUT2D eigenvalue weighted by molar-refractivity contribution is -0.136. The van der Waals surface area contributed by atoms with Crippen molar-refractivity contribution >= 4 is 23.9 Å². The van der Waals surface area contributed by atoms with Gasteiger partial charge in [0.05, 0.1) is 29.7 Å². The Morgan fingerprint density at radius 1 is 0.980 bits per heavy atom. The molecule has 4 N–H and O–H groups in total. The molecular formula is C38H40FN7O3. The monoisotopic (exact) mass is 661 g/mol. The van der Waals surface area contributed by atoms with Gasteiger partial charge in [-0.2, -0.15) is 0 Å². The van der Waals surface area contributed by atoms with Crippen molar-refractivity contribution in [2.45, 2.75) is 63.3 Å². The zero-order chi connectivity index (χ0) is 33.9. The highest BCUT2D eigenvalue weighted by atomic mass is 19.1. The Bertz CT molecular complexity index is 1860. The van der Waals surface area contributed by atoms with Crippen LogP contribution in [0.1, 0.15) is 68.1 Å². The lowest BCUT2D eigenvalue weighted by Crippen LogP contribution is -2.51. The Kier molecular flexibility index (Phi) is 9.15. The first kappa shape index (κ1) is 32.1. The van der Waals surface area contributed by atoms with Gasteiger partial charge in [0, 0.05) is 31.3 Å². The molecule has 4 aromatic rings. The quantitative estimate of drug-likeness (QED) is 0.172. The van der Waals surface area contributed by atoms with Gasteiger partial charge in [0.15, 0.2) is 0 Å². The molecule has 4 atom stereocenters. The molecule has 252 valence electrons. The summed E-state index contributed by atoms with van der Waals surface area (Å²) < 4.78 is 15.5. The van der Waals surface area contributed by atoms with Crippen LogP contribution in [0.15, 0.2) is 85.2 Å². The lowest BCUT2D eigenvalue weighted by atomic mass is 10.0. The molecule has 0 spiro atoms. The van der Waals surface area contributed by atoms with Crippen LogP contribution in [-0.4, -0.2) is 63.3 Å². The first-order valence-corrected chi connectivity index (χ1v) is 17.0. The van der Waals surface area contributed by atoms with Gasteiger partial charge in [0.2, 0.25) is 18.2 Å². The van der Waals surface area contributed by atoms with Crippen LogP contribution < -0.4 is 16.0 Å². The van der Waals surface area contributed by atoms with Gasteiger partial charge < -0.3 is 30.7 Å². The first-order valence-electron chi connectivity index (χ1n) is 17.0. The van der Waals surface area contributed by atoms with E-state index in [0.29, 0.717) is 36.5 Å². The normalized spacial score (nSPS) is 20.8. The van der Waals surface area contributed by atoms with E-state index in [0.717, 1.165) is 60.2 Å². The molecule has 3 aromatic carbocycles. The van der Waals surface area contributed by atoms with Gasteiger partial charge in [-0.25, -0.2) is 9.37 Å². The zero-order valence-corrected chi connectivity index (χ0v) is 27.4. The number of amides is 3. The predicted molar refractivity (Wildman–Crippen MR) is 185 cm³/mol. The number of imidazole rings is 1. The van der Waals surface area contributed by atoms with E-state index in [9.17, 15) is 14.4 Å². The maximum Gasteiger partial charge on any atom is 0.250 e. The predicted octanol–water partition coefficient (Wildman–Crippen LogP) is 5.25. The maximum atomic E-state index is 15.5. The molecule has 10 nitrogen and oxygen atoms in total. The Morgan fingerprint density at radius 2 is 1.71 bits per heavy atom. The van der Waals surface area contributed by atoms with E-state index in [1.54, 1.807) is 29.4 Å². The molecule has 0 saturated carbocycles. The summed E-state index contributed by atoms with van der Waals surface area (Å²) in [6.45, 7) is 3.22. The van der Waals surface area contributed by atoms with Crippen molar-refractivity contribution < 1.29 is 18.8 Å². The van der Waals surface area contributed by atoms with E-state index >= 15 is 4.39 Å². The fourth-order valence-electron chi connectivity index (χ4n) is 7.35. The Morgan fingerprint density at radius 3 is 2.47 bits per heavy atom. The Hall–Kier alpha value is -5.45. The molecule has 3 aliphatic heterocycles. The number of carbonyl (C=O) groups is 3. The van der Waals surface area contributed by atoms with Crippen LogP contribution in [0.25, 0.3) is 28.1 Å². The van der Waals surface area contributed by atoms with Gasteiger partial charge in [-0.05, 0) is 60.1 Å². The third-order valence-corrected chi connectivity index (χ3v) is 9.88. The summed E-state index contributed by atoms with van der Waals surface area (Å²) in [6, 6.07) is 21.4. The molecular weight excluding hydrogens is 621 g/mol. The second kappa shape index (κ2) is 14.0. The smallest absolute Gasteiger partial charge is 0.250 e. The minimum Gasteiger partial charge on any atom is -0.368 e. The van der Waals surface area contributed by atoms with Crippen molar-refractivity contribution in [1.82, 2.24) is 35.7 Å². The van der Waals surface area contributed by atoms with Crippen molar-refractivity contribution in [1.29, 1.82) is 0 Å². The minimum atomic E-state index is -0.764. The second-order valence-corrected chi connectivity index (χ2v) is 12.8. The molecule has 3 amide bonds. The second-order valence-electron chi connectivity index (χ2n) is 12.8. The molecule has 1 aromatic heterocycles. The van der Waals surface area contributed by atoms with Gasteiger partial charge >= 0.3 is 0 Å². The summed E-state index contributed by atoms with van der Waals surface area (Å²) in [6.07, 6.45) is 7.93. The van der Waals surface area contributed by atoms with Crippen molar-refractivity contribution in [3.05, 3.63) is 108 Å². The SMILES string of the molecule is CCC(=O)N1CCC[C@H]1C1NC=C(c2ccc(-c3ccc(-c4cnc([C@@H]5CCCN5C(=O)[C@H](NC=O)c5ccccc5)[nH]4)cc3)cc2F)N1. The number of benzene rings is 3. The van der Waals surface area contributed by atoms with E-state index in [4.69, 9.17) is 0 Å². The zero-order valence-electron chi connectivity index (χ0n) is 27.4. The molecule has 2 saturated heterocycles. The largest absolute Gasteiger partial charge is 0.368 e. The number of hydrogen-bond donors (Lipinski definition) is 4. The highest BCUT2D eigenvalue weighted by molar-refractivity contribution is 5.85. The summed E-state index contributed by atoms with van der Waals surface area (Å²) >= 11 is 0. The maximum absolute atomic E-state index is 15.5. The number of carbonyl (C=O) groups excluding carboxylic acids is 3. The first-order chi connectivity index (χ1) is 23.9. The van der Waals surface area contributed by atoms with Crippen LogP contribution in [-0.2, 0) is 14.4 Å². The fourth-order valence-corrected chi connectivity index (χ4v) is 7.35. The average molecular weight is 662 g/mol. The molecule has 4 heterocycles. The standard InChI is InChI=1S/C38H40FN7O3/c1-2-34(48)45-18-6-10-32(45)36-41-22-31(44-36)28-17-16-27(20-29(28)39)24-12-14-25(15-13-24)30-21-40-37(43-30)33-11-7-19-46(33)38(49)35(42-23-47)26-8-4-3-5-9-26/h3-5,8-9,12-17,20-23,32-33,35-36,41,44H,2,6-7,10-11,18-19H2,1H3,(H,40,43)(H,42,47)/t32-,33-,35+,36?/m0/s1. The number of H-pyrrole nitrogens is 1. The summed E-state index contributed by atoms with van der Waals surface area (Å²) in [5.74, 6) is 0.344. The van der Waals surface area contributed by atoms with Gasteiger partial charge in [0.1, 0.15) is 23.8 Å². The van der Waals surface area contributed by atoms with E-state index in [2.05, 4.69) is 25.9 Å². The number of hydrogen-bond acceptors (Lipinski definition) is 6. The Labute approximate surface area is 284 Å². The number of halogens is 1. The fraction of sp³-hybridized carbons (Fsp3) is 0.316. The van der Waals surface area contributed by atoms with Crippen molar-refractivity contribution in [2.24, 2.45) is 0 Å². The van der Waals surface area contributed by atoms with Gasteiger partial charge in [0.25, 0.3) is 0 Å². The topological polar surface area (TPSA) is 122 Å². The number of likely N-dealkylation sites (tertiary alicyclic amines) is 2. The molecule has 1 unspecified atom stereocenters. The molecule has 11 heteroatoms. The van der Waals surface area contributed by atoms with Gasteiger partial charge in [-0.3, -0.25) is 14.4 Å². The number of aromatic nitrogens is 2. The van der Waals surface area contributed by atoms with E-state index < -0.39 is 6.04 Å². The van der Waals surface area contributed by atoms with Gasteiger partial charge in [-0.15, -0.1) is 0 Å². The number of nitrogens with one attached hydrogen (secondary N) is 4. The van der Waals surface area contributed by atoms with Crippen molar-refractivity contribution in [3.63, 3.8) is 0 Å². The summed E-state index contributed by atoms with van der Waals surface area (Å²) in [4.78, 5) is 49.2. The van der Waals surface area contributed by atoms with E-state index in [-0.39, 0.29) is 35.9 Å². The lowest BCUT2D eigenvalue weighted by Gasteiger charge is -2.30. The number of rotatable bonds is 10. The van der Waals surface area contributed by atoms with Crippen LogP contribution in [0.3, 0.4) is 0 Å². The third kappa shape index (κ3) is 6.40. The molecule has 2 fully saturated rings. The molecule has 49 heavy (non-hydrogen) atoms. The third-order valence-electron chi connectivity index (χ3n) is 9.88. The van der Waals surface area contributed by atoms with Crippen LogP contribution in [0.5, 0.6) is 0 Å². The molecule has 0 aliphatic carbocycles. The molecule has 3 aliphatic rings. The highest BCUT2D eigenvalue weighted by Crippen LogP contribution is 2.35. The van der Waals surface area contributed by atoms with E-state index in [1.807, 2.05) is 72.5 Å². The summed E-state index contributed by atoms with van der Waals surface area (Å²) in [5.41, 5.74) is 5.25. The summed E-state index contributed by atoms with van der Waals surface area (Å²) in [5, 5.41) is 9.41. The number of nitrogens with zero attached hydrogens (tertiary/aromatic N) is 3. The minimum absolute atomic E-state index is 0.0327. The summed E-state index contributed by atoms with van der Waals surface area (Å²) in [7, 11) is 0. The van der Waals surface area contributed by atoms with Crippen LogP contribution in [0, 0.1) is 5.82 Å². The van der Waals surface area contributed by atoms with Crippen LogP contribution in [0.4, 0.5) is 4.39 Å². The van der Waals surface area contributed by atoms with E-state index in [1.165, 1.54) is 0 Å². The Balaban J connectivity index is 1.02. The molecule has 0 bridgehead atoms. The average Bonchev–Trinajstić information content (AvgIpc) is 3.97. The van der Waals surface area contributed by atoms with Crippen molar-refractivity contribution in [3.8, 4) is 22.4 Å². The molecule has 0 radical (unpaired) electrons. The van der Waals surface area contributed by atoms with Crippen LogP contribution in [0.2, 0.25) is 0 Å². The van der Waals surface area contributed by atoms with Crippen molar-refractivity contribution in [2.75, 3.05) is 13.1 Å². The van der Waals surface area contributed by atoms with Crippen LogP contribution >= 0.6 is 0 Å². The van der Waals surface area contributed by atoms with Gasteiger partial charge in [-0.1, -0.05) is 67.6 Å². The highest BCUT2D eigenvalue weighted by Gasteiger charge is 2.37.